The molecule has 1 saturated carbocycles. The van der Waals surface area contributed by atoms with E-state index in [1.807, 2.05) is 11.7 Å². The van der Waals surface area contributed by atoms with Crippen molar-refractivity contribution in [2.24, 2.45) is 18.9 Å². The van der Waals surface area contributed by atoms with E-state index in [0.717, 1.165) is 23.6 Å². The van der Waals surface area contributed by atoms with Crippen LogP contribution in [0.15, 0.2) is 6.20 Å². The molecule has 90 valence electrons. The Morgan fingerprint density at radius 3 is 2.69 bits per heavy atom. The topological polar surface area (TPSA) is 30.3 Å². The molecule has 4 nitrogen and oxygen atoms in total. The van der Waals surface area contributed by atoms with Gasteiger partial charge in [-0.15, -0.1) is 0 Å². The van der Waals surface area contributed by atoms with E-state index in [0.29, 0.717) is 21.5 Å². The number of hydrogen-bond acceptors (Lipinski definition) is 3. The molecule has 0 amide bonds. The molecule has 0 N–H and O–H groups in total. The van der Waals surface area contributed by atoms with Gasteiger partial charge in [0.1, 0.15) is 0 Å². The van der Waals surface area contributed by atoms with Crippen molar-refractivity contribution < 1.29 is 26.2 Å². The summed E-state index contributed by atoms with van der Waals surface area (Å²) in [6, 6.07) is 0. The first kappa shape index (κ1) is 10.8. The zero-order valence-electron chi connectivity index (χ0n) is 9.85. The summed E-state index contributed by atoms with van der Waals surface area (Å²) in [4.78, 5) is 2.35. The molecule has 1 aliphatic heterocycles. The Labute approximate surface area is 107 Å². The van der Waals surface area contributed by atoms with Crippen LogP contribution in [0.25, 0.3) is 0 Å². The molecule has 2 heterocycles. The number of aromatic nitrogens is 2. The fourth-order valence-corrected chi connectivity index (χ4v) is 4.65. The normalized spacial score (nSPS) is 33.1. The molecule has 0 radical (unpaired) electrons. The van der Waals surface area contributed by atoms with E-state index in [1.54, 1.807) is 7.11 Å². The van der Waals surface area contributed by atoms with Crippen molar-refractivity contribution >= 4 is 0 Å². The Bertz CT molecular complexity index is 394. The number of hydrogen-bond donors (Lipinski definition) is 0. The predicted octanol–water partition coefficient (Wildman–Crippen LogP) is -2.29. The van der Waals surface area contributed by atoms with Gasteiger partial charge in [-0.1, -0.05) is 0 Å². The van der Waals surface area contributed by atoms with Crippen molar-refractivity contribution in [3.05, 3.63) is 11.8 Å². The van der Waals surface area contributed by atoms with Crippen molar-refractivity contribution in [1.82, 2.24) is 12.9 Å². The molecule has 0 bridgehead atoms. The Morgan fingerprint density at radius 2 is 2.12 bits per heavy atom. The maximum absolute atomic E-state index is 5.35. The van der Waals surface area contributed by atoms with Crippen LogP contribution >= 0.6 is 0 Å². The summed E-state index contributed by atoms with van der Waals surface area (Å²) in [6.45, 7) is 2.61. The monoisotopic (exact) mass is 334 g/mol. The van der Waals surface area contributed by atoms with Gasteiger partial charge in [-0.25, -0.2) is 0 Å². The molecule has 1 saturated heterocycles. The summed E-state index contributed by atoms with van der Waals surface area (Å²) in [5.41, 5.74) is 1.33. The maximum atomic E-state index is 5.35. The first-order chi connectivity index (χ1) is 7.74. The van der Waals surface area contributed by atoms with Crippen molar-refractivity contribution in [2.45, 2.75) is 5.92 Å². The summed E-state index contributed by atoms with van der Waals surface area (Å²) < 4.78 is 9.86. The average molecular weight is 334 g/mol. The predicted molar refractivity (Wildman–Crippen MR) is 57.0 cm³/mol. The van der Waals surface area contributed by atoms with E-state index in [9.17, 15) is 0 Å². The number of halogens is 1. The molecule has 2 fully saturated rings. The molecule has 3 rings (SSSR count). The van der Waals surface area contributed by atoms with Gasteiger partial charge in [-0.05, 0) is 0 Å². The van der Waals surface area contributed by atoms with Gasteiger partial charge in [0.2, 0.25) is 0 Å². The van der Waals surface area contributed by atoms with Gasteiger partial charge in [0.25, 0.3) is 0 Å². The third-order valence-corrected chi connectivity index (χ3v) is 5.91. The van der Waals surface area contributed by atoms with Gasteiger partial charge in [0, 0.05) is 0 Å². The molecule has 0 spiro atoms. The number of fused-ring (bicyclic) bond motifs is 1. The molecule has 16 heavy (non-hydrogen) atoms. The number of piperidine rings is 1. The third kappa shape index (κ3) is 1.55. The first-order valence-electron chi connectivity index (χ1n) is 5.56. The quantitative estimate of drug-likeness (QED) is 0.354. The molecule has 2 aliphatic rings. The van der Waals surface area contributed by atoms with Crippen LogP contribution in [0.5, 0.6) is 5.88 Å². The van der Waals surface area contributed by atoms with Crippen molar-refractivity contribution in [3.63, 3.8) is 0 Å². The number of aryl methyl sites for hydroxylation is 1. The van der Waals surface area contributed by atoms with Crippen LogP contribution in [0.2, 0.25) is 0 Å². The van der Waals surface area contributed by atoms with Gasteiger partial charge in [-0.2, -0.15) is 0 Å². The van der Waals surface area contributed by atoms with Crippen molar-refractivity contribution in [2.75, 3.05) is 25.1 Å². The summed E-state index contributed by atoms with van der Waals surface area (Å²) in [7, 11) is 3.68. The number of nitrogens with zero attached hydrogens (tertiary/aromatic N) is 3. The third-order valence-electron chi connectivity index (χ3n) is 3.76. The second-order valence-electron chi connectivity index (χ2n) is 4.62. The van der Waals surface area contributed by atoms with E-state index < -0.39 is 0 Å². The van der Waals surface area contributed by atoms with Crippen molar-refractivity contribution in [1.29, 1.82) is 0 Å². The van der Waals surface area contributed by atoms with Crippen LogP contribution < -0.4 is 26.2 Å². The Balaban J connectivity index is 1.77. The van der Waals surface area contributed by atoms with Gasteiger partial charge in [-0.3, -0.25) is 0 Å². The molecule has 2 atom stereocenters. The Hall–Kier alpha value is -0.300. The minimum atomic E-state index is 0.292. The number of methoxy groups -OCH3 is 1. The molecular formula is C11H17IN3O-. The van der Waals surface area contributed by atoms with Crippen LogP contribution in [0.4, 0.5) is 0 Å². The number of ether oxygens (including phenoxy) is 1. The van der Waals surface area contributed by atoms with Crippen molar-refractivity contribution in [3.8, 4) is 5.88 Å². The van der Waals surface area contributed by atoms with E-state index in [4.69, 9.17) is 4.74 Å². The summed E-state index contributed by atoms with van der Waals surface area (Å²) in [6.07, 6.45) is 2.13. The Kier molecular flexibility index (Phi) is 2.62. The molecule has 1 aromatic rings. The molecule has 0 aromatic carbocycles. The van der Waals surface area contributed by atoms with E-state index in [2.05, 4.69) is 19.3 Å². The van der Waals surface area contributed by atoms with Gasteiger partial charge < -0.3 is 0 Å². The fourth-order valence-electron chi connectivity index (χ4n) is 2.95. The summed E-state index contributed by atoms with van der Waals surface area (Å²) in [5, 5.41) is 4.34. The van der Waals surface area contributed by atoms with Gasteiger partial charge >= 0.3 is 107 Å². The summed E-state index contributed by atoms with van der Waals surface area (Å²) >= 11 is 0.292. The Morgan fingerprint density at radius 1 is 1.44 bits per heavy atom. The molecular weight excluding hydrogens is 317 g/mol. The SMILES string of the molecule is COc1nn(C)cc1C1C2CN([I-]C)CC21. The van der Waals surface area contributed by atoms with Crippen LogP contribution in [0, 0.1) is 11.8 Å². The zero-order chi connectivity index (χ0) is 11.3. The molecule has 5 heteroatoms. The van der Waals surface area contributed by atoms with Crippen LogP contribution in [-0.2, 0) is 7.05 Å². The van der Waals surface area contributed by atoms with E-state index in [1.165, 1.54) is 18.7 Å². The second-order valence-corrected chi connectivity index (χ2v) is 6.95. The van der Waals surface area contributed by atoms with E-state index >= 15 is 0 Å². The zero-order valence-corrected chi connectivity index (χ0v) is 12.0. The van der Waals surface area contributed by atoms with Crippen LogP contribution in [-0.4, -0.2) is 38.0 Å². The first-order valence-corrected chi connectivity index (χ1v) is 8.69. The van der Waals surface area contributed by atoms with Crippen LogP contribution in [0.1, 0.15) is 11.5 Å². The summed E-state index contributed by atoms with van der Waals surface area (Å²) in [5.74, 6) is 3.30. The van der Waals surface area contributed by atoms with Crippen LogP contribution in [0.3, 0.4) is 0 Å². The van der Waals surface area contributed by atoms with Gasteiger partial charge in [0.05, 0.1) is 0 Å². The number of alkyl halides is 1. The fraction of sp³-hybridized carbons (Fsp3) is 0.727. The van der Waals surface area contributed by atoms with Gasteiger partial charge in [0.15, 0.2) is 0 Å². The second kappa shape index (κ2) is 3.87. The molecule has 1 aromatic heterocycles. The van der Waals surface area contributed by atoms with E-state index in [-0.39, 0.29) is 0 Å². The number of rotatable bonds is 3. The molecule has 2 unspecified atom stereocenters. The molecule has 1 aliphatic carbocycles. The average Bonchev–Trinajstić information content (AvgIpc) is 2.67. The minimum absolute atomic E-state index is 0.292. The standard InChI is InChI=1S/C11H17IN3O/c1-12-15-5-7-8(6-15)10(7)9-4-14(2)13-11(9)16-3/h4,7-8,10H,5-6H2,1-3H3/q-1.